The molecule has 0 aliphatic carbocycles. The van der Waals surface area contributed by atoms with Gasteiger partial charge in [0.25, 0.3) is 0 Å². The molecule has 0 aromatic heterocycles. The monoisotopic (exact) mass is 153 g/mol. The van der Waals surface area contributed by atoms with Crippen LogP contribution in [0.25, 0.3) is 0 Å². The molecule has 0 rings (SSSR count). The molecule has 0 bridgehead atoms. The van der Waals surface area contributed by atoms with Gasteiger partial charge in [-0.1, -0.05) is 12.0 Å². The maximum Gasteiger partial charge on any atom is 0.345 e. The van der Waals surface area contributed by atoms with Crippen LogP contribution in [0.4, 0.5) is 0 Å². The van der Waals surface area contributed by atoms with Gasteiger partial charge >= 0.3 is 6.92 Å². The van der Waals surface area contributed by atoms with Gasteiger partial charge in [0, 0.05) is 13.2 Å². The second kappa shape index (κ2) is 6.19. The number of nitrogens with zero attached hydrogens (tertiary/aromatic N) is 1. The zero-order chi connectivity index (χ0) is 8.69. The van der Waals surface area contributed by atoms with Crippen LogP contribution in [0.1, 0.15) is 0 Å². The minimum atomic E-state index is -0.00468. The summed E-state index contributed by atoms with van der Waals surface area (Å²) in [5.41, 5.74) is 0. The van der Waals surface area contributed by atoms with Gasteiger partial charge in [-0.2, -0.15) is 0 Å². The average Bonchev–Trinajstić information content (AvgIpc) is 1.98. The summed E-state index contributed by atoms with van der Waals surface area (Å²) in [6, 6.07) is 0. The van der Waals surface area contributed by atoms with E-state index < -0.39 is 0 Å². The third-order valence-corrected chi connectivity index (χ3v) is 1.31. The maximum absolute atomic E-state index is 5.37. The van der Waals surface area contributed by atoms with Crippen LogP contribution in [-0.2, 0) is 4.65 Å². The smallest absolute Gasteiger partial charge is 0.345 e. The molecule has 62 valence electrons. The van der Waals surface area contributed by atoms with E-state index >= 15 is 0 Å². The Balaban J connectivity index is 3.35. The Kier molecular flexibility index (Phi) is 5.89. The summed E-state index contributed by atoms with van der Waals surface area (Å²) in [6.07, 6.45) is 0. The van der Waals surface area contributed by atoms with Crippen molar-refractivity contribution in [2.75, 3.05) is 27.2 Å². The maximum atomic E-state index is 5.37. The summed E-state index contributed by atoms with van der Waals surface area (Å²) in [7, 11) is 4.03. The molecule has 0 aromatic rings. The summed E-state index contributed by atoms with van der Waals surface area (Å²) in [5.74, 6) is 3.48. The lowest BCUT2D eigenvalue weighted by Crippen LogP contribution is -2.22. The Morgan fingerprint density at radius 3 is 2.27 bits per heavy atom. The molecule has 0 saturated carbocycles. The van der Waals surface area contributed by atoms with Crippen molar-refractivity contribution in [2.24, 2.45) is 0 Å². The number of hydrogen-bond donors (Lipinski definition) is 0. The molecular formula is C8H16BNO. The van der Waals surface area contributed by atoms with Gasteiger partial charge in [0.05, 0.1) is 0 Å². The molecule has 11 heavy (non-hydrogen) atoms. The van der Waals surface area contributed by atoms with E-state index in [-0.39, 0.29) is 6.92 Å². The normalized spacial score (nSPS) is 9.73. The molecule has 0 aliphatic heterocycles. The van der Waals surface area contributed by atoms with Crippen LogP contribution in [0.5, 0.6) is 0 Å². The third kappa shape index (κ3) is 5.89. The van der Waals surface area contributed by atoms with E-state index in [4.69, 9.17) is 4.65 Å². The Labute approximate surface area is 69.6 Å². The van der Waals surface area contributed by atoms with Crippen LogP contribution in [0.3, 0.4) is 0 Å². The summed E-state index contributed by atoms with van der Waals surface area (Å²) in [4.78, 5) is 2.07. The van der Waals surface area contributed by atoms with Crippen LogP contribution in [0, 0.1) is 0 Å². The van der Waals surface area contributed by atoms with Gasteiger partial charge < -0.3 is 9.55 Å². The highest BCUT2D eigenvalue weighted by Gasteiger charge is 2.03. The molecule has 0 aliphatic rings. The SMILES string of the molecule is C=CB(C=C)OCCN(C)C. The largest absolute Gasteiger partial charge is 0.426 e. The van der Waals surface area contributed by atoms with Crippen LogP contribution >= 0.6 is 0 Å². The Hall–Kier alpha value is -0.535. The summed E-state index contributed by atoms with van der Waals surface area (Å²) < 4.78 is 5.37. The molecule has 0 N–H and O–H groups in total. The molecule has 2 nitrogen and oxygen atoms in total. The second-order valence-electron chi connectivity index (χ2n) is 2.61. The lowest BCUT2D eigenvalue weighted by molar-refractivity contribution is 0.269. The van der Waals surface area contributed by atoms with Crippen molar-refractivity contribution in [1.29, 1.82) is 0 Å². The highest BCUT2D eigenvalue weighted by atomic mass is 16.4. The van der Waals surface area contributed by atoms with E-state index in [2.05, 4.69) is 18.1 Å². The molecule has 0 radical (unpaired) electrons. The zero-order valence-corrected chi connectivity index (χ0v) is 7.42. The predicted molar refractivity (Wildman–Crippen MR) is 50.7 cm³/mol. The minimum absolute atomic E-state index is 0.00468. The van der Waals surface area contributed by atoms with Crippen LogP contribution in [-0.4, -0.2) is 39.1 Å². The highest BCUT2D eigenvalue weighted by molar-refractivity contribution is 6.62. The Bertz CT molecular complexity index is 117. The second-order valence-corrected chi connectivity index (χ2v) is 2.61. The molecule has 0 atom stereocenters. The van der Waals surface area contributed by atoms with E-state index in [1.165, 1.54) is 0 Å². The first-order valence-electron chi connectivity index (χ1n) is 3.72. The van der Waals surface area contributed by atoms with Crippen molar-refractivity contribution in [3.63, 3.8) is 0 Å². The van der Waals surface area contributed by atoms with Gasteiger partial charge in [-0.25, -0.2) is 0 Å². The first-order valence-corrected chi connectivity index (χ1v) is 3.72. The standard InChI is InChI=1S/C8H16BNO/c1-5-9(6-2)11-8-7-10(3)4/h5-6H,1-2,7-8H2,3-4H3. The van der Waals surface area contributed by atoms with Crippen molar-refractivity contribution in [2.45, 2.75) is 0 Å². The van der Waals surface area contributed by atoms with Crippen LogP contribution in [0.2, 0.25) is 0 Å². The van der Waals surface area contributed by atoms with Crippen LogP contribution < -0.4 is 0 Å². The summed E-state index contributed by atoms with van der Waals surface area (Å²) in [5, 5.41) is 0. The fraction of sp³-hybridized carbons (Fsp3) is 0.500. The number of likely N-dealkylation sites (N-methyl/N-ethyl adjacent to an activating group) is 1. The highest BCUT2D eigenvalue weighted by Crippen LogP contribution is 1.88. The van der Waals surface area contributed by atoms with E-state index in [1.54, 1.807) is 12.0 Å². The molecule has 0 aromatic carbocycles. The average molecular weight is 153 g/mol. The van der Waals surface area contributed by atoms with E-state index in [9.17, 15) is 0 Å². The minimum Gasteiger partial charge on any atom is -0.426 e. The quantitative estimate of drug-likeness (QED) is 0.528. The molecule has 0 unspecified atom stereocenters. The lowest BCUT2D eigenvalue weighted by Gasteiger charge is -2.11. The van der Waals surface area contributed by atoms with E-state index in [0.717, 1.165) is 13.2 Å². The van der Waals surface area contributed by atoms with Gasteiger partial charge in [-0.15, -0.1) is 13.2 Å². The van der Waals surface area contributed by atoms with Gasteiger partial charge in [0.2, 0.25) is 0 Å². The fourth-order valence-electron chi connectivity index (χ4n) is 0.604. The van der Waals surface area contributed by atoms with Gasteiger partial charge in [-0.3, -0.25) is 0 Å². The first-order chi connectivity index (χ1) is 5.20. The fourth-order valence-corrected chi connectivity index (χ4v) is 0.604. The third-order valence-electron chi connectivity index (χ3n) is 1.31. The molecule has 3 heteroatoms. The van der Waals surface area contributed by atoms with Gasteiger partial charge in [0.1, 0.15) is 0 Å². The van der Waals surface area contributed by atoms with Crippen LogP contribution in [0.15, 0.2) is 25.1 Å². The first kappa shape index (κ1) is 10.5. The molecule has 0 heterocycles. The van der Waals surface area contributed by atoms with Crippen molar-refractivity contribution in [3.8, 4) is 0 Å². The van der Waals surface area contributed by atoms with Gasteiger partial charge in [0.15, 0.2) is 0 Å². The van der Waals surface area contributed by atoms with Crippen molar-refractivity contribution in [1.82, 2.24) is 4.90 Å². The molecule has 0 spiro atoms. The van der Waals surface area contributed by atoms with Crippen molar-refractivity contribution >= 4 is 6.92 Å². The number of rotatable bonds is 6. The lowest BCUT2D eigenvalue weighted by atomic mass is 9.69. The Morgan fingerprint density at radius 2 is 1.91 bits per heavy atom. The Morgan fingerprint density at radius 1 is 1.36 bits per heavy atom. The van der Waals surface area contributed by atoms with Crippen molar-refractivity contribution < 1.29 is 4.65 Å². The summed E-state index contributed by atoms with van der Waals surface area (Å²) in [6.45, 7) is 8.88. The van der Waals surface area contributed by atoms with E-state index in [1.807, 2.05) is 14.1 Å². The molecule has 0 amide bonds. The molecular weight excluding hydrogens is 137 g/mol. The molecule has 0 fully saturated rings. The summed E-state index contributed by atoms with van der Waals surface area (Å²) >= 11 is 0. The topological polar surface area (TPSA) is 12.5 Å². The van der Waals surface area contributed by atoms with E-state index in [0.29, 0.717) is 0 Å². The zero-order valence-electron chi connectivity index (χ0n) is 7.42. The van der Waals surface area contributed by atoms with Gasteiger partial charge in [-0.05, 0) is 14.1 Å². The molecule has 0 saturated heterocycles. The van der Waals surface area contributed by atoms with Crippen molar-refractivity contribution in [3.05, 3.63) is 25.1 Å². The number of hydrogen-bond acceptors (Lipinski definition) is 2. The predicted octanol–water partition coefficient (Wildman–Crippen LogP) is 1.01.